The van der Waals surface area contributed by atoms with Crippen molar-refractivity contribution in [1.29, 1.82) is 0 Å². The summed E-state index contributed by atoms with van der Waals surface area (Å²) in [6.07, 6.45) is 3.70. The van der Waals surface area contributed by atoms with E-state index in [1.807, 2.05) is 30.3 Å². The first kappa shape index (κ1) is 12.0. The van der Waals surface area contributed by atoms with Gasteiger partial charge in [0.15, 0.2) is 0 Å². The molecule has 0 N–H and O–H groups in total. The van der Waals surface area contributed by atoms with Gasteiger partial charge in [0.25, 0.3) is 0 Å². The number of unbranched alkanes of at least 4 members (excludes halogenated alkanes) is 1. The molecule has 2 rings (SSSR count). The van der Waals surface area contributed by atoms with Crippen molar-refractivity contribution >= 4 is 11.3 Å². The van der Waals surface area contributed by atoms with Crippen molar-refractivity contribution in [2.75, 3.05) is 0 Å². The van der Waals surface area contributed by atoms with Crippen LogP contribution in [0.4, 0.5) is 0 Å². The lowest BCUT2D eigenvalue weighted by Gasteiger charge is -1.91. The topological polar surface area (TPSA) is 0 Å². The van der Waals surface area contributed by atoms with Crippen molar-refractivity contribution in [3.63, 3.8) is 0 Å². The fourth-order valence-electron chi connectivity index (χ4n) is 1.61. The Labute approximate surface area is 107 Å². The fraction of sp³-hybridized carbons (Fsp3) is 0.250. The van der Waals surface area contributed by atoms with Gasteiger partial charge < -0.3 is 0 Å². The molecule has 0 saturated carbocycles. The van der Waals surface area contributed by atoms with E-state index in [-0.39, 0.29) is 0 Å². The van der Waals surface area contributed by atoms with Crippen LogP contribution in [0.3, 0.4) is 0 Å². The van der Waals surface area contributed by atoms with Gasteiger partial charge in [-0.15, -0.1) is 11.3 Å². The van der Waals surface area contributed by atoms with Crippen molar-refractivity contribution in [3.05, 3.63) is 57.8 Å². The molecule has 1 heterocycles. The third-order valence-electron chi connectivity index (χ3n) is 2.58. The van der Waals surface area contributed by atoms with Crippen molar-refractivity contribution in [3.8, 4) is 11.8 Å². The number of hydrogen-bond acceptors (Lipinski definition) is 1. The summed E-state index contributed by atoms with van der Waals surface area (Å²) < 4.78 is 0. The Kier molecular flexibility index (Phi) is 4.41. The van der Waals surface area contributed by atoms with E-state index in [9.17, 15) is 0 Å². The largest absolute Gasteiger partial charge is 0.135 e. The summed E-state index contributed by atoms with van der Waals surface area (Å²) in [6, 6.07) is 12.4. The van der Waals surface area contributed by atoms with E-state index < -0.39 is 0 Å². The molecule has 0 fully saturated rings. The average molecular weight is 240 g/mol. The van der Waals surface area contributed by atoms with Gasteiger partial charge >= 0.3 is 0 Å². The van der Waals surface area contributed by atoms with Crippen LogP contribution in [-0.2, 0) is 6.42 Å². The molecule has 1 aromatic carbocycles. The van der Waals surface area contributed by atoms with Gasteiger partial charge in [0.2, 0.25) is 0 Å². The maximum absolute atomic E-state index is 3.23. The van der Waals surface area contributed by atoms with E-state index in [0.717, 1.165) is 5.56 Å². The Bertz CT molecular complexity index is 511. The van der Waals surface area contributed by atoms with Crippen LogP contribution in [0.15, 0.2) is 41.8 Å². The number of thiophene rings is 1. The first-order chi connectivity index (χ1) is 8.38. The van der Waals surface area contributed by atoms with Crippen LogP contribution in [0.2, 0.25) is 0 Å². The molecule has 0 amide bonds. The lowest BCUT2D eigenvalue weighted by molar-refractivity contribution is 0.797. The third kappa shape index (κ3) is 3.76. The Hall–Kier alpha value is -1.52. The predicted molar refractivity (Wildman–Crippen MR) is 75.4 cm³/mol. The first-order valence-corrected chi connectivity index (χ1v) is 6.91. The molecule has 0 radical (unpaired) electrons. The smallest absolute Gasteiger partial charge is 0.0775 e. The summed E-state index contributed by atoms with van der Waals surface area (Å²) in [5, 5.41) is 2.23. The molecule has 0 saturated heterocycles. The molecule has 0 aliphatic carbocycles. The van der Waals surface area contributed by atoms with Crippen molar-refractivity contribution < 1.29 is 0 Å². The van der Waals surface area contributed by atoms with E-state index in [1.54, 1.807) is 11.3 Å². The highest BCUT2D eigenvalue weighted by Crippen LogP contribution is 2.15. The maximum Gasteiger partial charge on any atom is 0.0775 e. The quantitative estimate of drug-likeness (QED) is 0.693. The van der Waals surface area contributed by atoms with Crippen molar-refractivity contribution in [2.24, 2.45) is 0 Å². The minimum Gasteiger partial charge on any atom is -0.135 e. The van der Waals surface area contributed by atoms with E-state index in [1.165, 1.54) is 29.7 Å². The second kappa shape index (κ2) is 6.27. The van der Waals surface area contributed by atoms with Gasteiger partial charge in [-0.25, -0.2) is 0 Å². The standard InChI is InChI=1S/C16H16S/c1-2-3-7-15-12-16(17-13-15)11-10-14-8-5-4-6-9-14/h4-6,8-9,12-13H,2-3,7H2,1H3. The first-order valence-electron chi connectivity index (χ1n) is 6.03. The normalized spacial score (nSPS) is 9.71. The van der Waals surface area contributed by atoms with Crippen molar-refractivity contribution in [2.45, 2.75) is 26.2 Å². The lowest BCUT2D eigenvalue weighted by Crippen LogP contribution is -1.78. The fourth-order valence-corrected chi connectivity index (χ4v) is 2.40. The molecule has 0 unspecified atom stereocenters. The van der Waals surface area contributed by atoms with Gasteiger partial charge in [-0.1, -0.05) is 43.4 Å². The predicted octanol–water partition coefficient (Wildman–Crippen LogP) is 4.49. The highest BCUT2D eigenvalue weighted by atomic mass is 32.1. The number of benzene rings is 1. The molecule has 1 heteroatoms. The summed E-state index contributed by atoms with van der Waals surface area (Å²) in [7, 11) is 0. The van der Waals surface area contributed by atoms with E-state index in [4.69, 9.17) is 0 Å². The number of rotatable bonds is 3. The molecular weight excluding hydrogens is 224 g/mol. The van der Waals surface area contributed by atoms with Crippen LogP contribution in [0, 0.1) is 11.8 Å². The molecule has 0 bridgehead atoms. The zero-order chi connectivity index (χ0) is 11.9. The molecule has 0 aliphatic heterocycles. The Morgan fingerprint density at radius 1 is 1.12 bits per heavy atom. The monoisotopic (exact) mass is 240 g/mol. The second-order valence-corrected chi connectivity index (χ2v) is 4.95. The second-order valence-electron chi connectivity index (χ2n) is 4.04. The van der Waals surface area contributed by atoms with Crippen molar-refractivity contribution in [1.82, 2.24) is 0 Å². The van der Waals surface area contributed by atoms with Gasteiger partial charge in [-0.3, -0.25) is 0 Å². The third-order valence-corrected chi connectivity index (χ3v) is 3.47. The van der Waals surface area contributed by atoms with Crippen LogP contribution in [0.1, 0.15) is 35.8 Å². The summed E-state index contributed by atoms with van der Waals surface area (Å²) in [4.78, 5) is 1.17. The minimum atomic E-state index is 1.08. The van der Waals surface area contributed by atoms with Crippen LogP contribution < -0.4 is 0 Å². The Balaban J connectivity index is 2.04. The molecule has 1 aromatic heterocycles. The van der Waals surface area contributed by atoms with Gasteiger partial charge in [0.1, 0.15) is 0 Å². The van der Waals surface area contributed by atoms with Gasteiger partial charge in [-0.2, -0.15) is 0 Å². The van der Waals surface area contributed by atoms with Gasteiger partial charge in [0.05, 0.1) is 4.88 Å². The Morgan fingerprint density at radius 2 is 1.94 bits per heavy atom. The zero-order valence-corrected chi connectivity index (χ0v) is 10.9. The minimum absolute atomic E-state index is 1.08. The average Bonchev–Trinajstić information content (AvgIpc) is 2.83. The van der Waals surface area contributed by atoms with E-state index in [0.29, 0.717) is 0 Å². The highest BCUT2D eigenvalue weighted by molar-refractivity contribution is 7.10. The summed E-state index contributed by atoms with van der Waals surface area (Å²) in [5.74, 6) is 6.42. The maximum atomic E-state index is 3.23. The number of aryl methyl sites for hydroxylation is 1. The molecule has 0 atom stereocenters. The summed E-state index contributed by atoms with van der Waals surface area (Å²) in [5.41, 5.74) is 2.50. The van der Waals surface area contributed by atoms with Crippen LogP contribution in [-0.4, -0.2) is 0 Å². The lowest BCUT2D eigenvalue weighted by atomic mass is 10.1. The Morgan fingerprint density at radius 3 is 2.71 bits per heavy atom. The molecule has 0 nitrogen and oxygen atoms in total. The van der Waals surface area contributed by atoms with Crippen LogP contribution in [0.25, 0.3) is 0 Å². The summed E-state index contributed by atoms with van der Waals surface area (Å²) in [6.45, 7) is 2.22. The van der Waals surface area contributed by atoms with E-state index in [2.05, 4.69) is 30.2 Å². The SMILES string of the molecule is CCCCc1csc(C#Cc2ccccc2)c1. The molecule has 0 spiro atoms. The van der Waals surface area contributed by atoms with Gasteiger partial charge in [0, 0.05) is 5.56 Å². The zero-order valence-electron chi connectivity index (χ0n) is 10.1. The molecule has 2 aromatic rings. The molecule has 17 heavy (non-hydrogen) atoms. The molecular formula is C16H16S. The number of hydrogen-bond donors (Lipinski definition) is 0. The molecule has 86 valence electrons. The van der Waals surface area contributed by atoms with Crippen LogP contribution >= 0.6 is 11.3 Å². The van der Waals surface area contributed by atoms with Gasteiger partial charge in [-0.05, 0) is 42.0 Å². The highest BCUT2D eigenvalue weighted by Gasteiger charge is 1.96. The van der Waals surface area contributed by atoms with Crippen LogP contribution in [0.5, 0.6) is 0 Å². The summed E-state index contributed by atoms with van der Waals surface area (Å²) >= 11 is 1.75. The van der Waals surface area contributed by atoms with E-state index >= 15 is 0 Å². The molecule has 0 aliphatic rings.